The van der Waals surface area contributed by atoms with Crippen LogP contribution < -0.4 is 15.8 Å². The quantitative estimate of drug-likeness (QED) is 0.722. The molecule has 1 amide bonds. The third-order valence-electron chi connectivity index (χ3n) is 4.81. The smallest absolute Gasteiger partial charge is 0.254 e. The summed E-state index contributed by atoms with van der Waals surface area (Å²) in [6.45, 7) is 0. The SMILES string of the molecule is NC(=O)c1cccnc1OC1CCC(Nc2ncc3ccccc3n2)CC1. The minimum Gasteiger partial charge on any atom is -0.474 e. The molecule has 1 aliphatic carbocycles. The summed E-state index contributed by atoms with van der Waals surface area (Å²) < 4.78 is 5.93. The van der Waals surface area contributed by atoms with Gasteiger partial charge in [-0.05, 0) is 43.9 Å². The van der Waals surface area contributed by atoms with Crippen LogP contribution in [0.3, 0.4) is 0 Å². The van der Waals surface area contributed by atoms with Crippen LogP contribution in [0.4, 0.5) is 5.95 Å². The number of nitrogens with one attached hydrogen (secondary N) is 1. The molecule has 138 valence electrons. The van der Waals surface area contributed by atoms with Crippen LogP contribution in [0.15, 0.2) is 48.8 Å². The van der Waals surface area contributed by atoms with Gasteiger partial charge in [-0.1, -0.05) is 18.2 Å². The molecule has 0 spiro atoms. The molecule has 0 unspecified atom stereocenters. The lowest BCUT2D eigenvalue weighted by Crippen LogP contribution is -2.32. The van der Waals surface area contributed by atoms with Gasteiger partial charge in [-0.15, -0.1) is 0 Å². The molecule has 2 aromatic heterocycles. The van der Waals surface area contributed by atoms with Crippen molar-refractivity contribution >= 4 is 22.8 Å². The number of rotatable bonds is 5. The Kier molecular flexibility index (Phi) is 4.82. The number of primary amides is 1. The molecular weight excluding hydrogens is 342 g/mol. The lowest BCUT2D eigenvalue weighted by molar-refractivity contribution is 0.0983. The molecule has 0 aliphatic heterocycles. The summed E-state index contributed by atoms with van der Waals surface area (Å²) in [7, 11) is 0. The van der Waals surface area contributed by atoms with Crippen LogP contribution in [0.5, 0.6) is 5.88 Å². The Morgan fingerprint density at radius 2 is 1.89 bits per heavy atom. The van der Waals surface area contributed by atoms with Gasteiger partial charge in [-0.2, -0.15) is 0 Å². The highest BCUT2D eigenvalue weighted by molar-refractivity contribution is 5.94. The summed E-state index contributed by atoms with van der Waals surface area (Å²) in [5.74, 6) is 0.444. The number of nitrogens with two attached hydrogens (primary N) is 1. The molecule has 3 N–H and O–H groups in total. The molecule has 3 aromatic rings. The Morgan fingerprint density at radius 1 is 1.07 bits per heavy atom. The van der Waals surface area contributed by atoms with E-state index in [2.05, 4.69) is 20.3 Å². The average Bonchev–Trinajstić information content (AvgIpc) is 2.70. The highest BCUT2D eigenvalue weighted by Gasteiger charge is 2.24. The zero-order valence-electron chi connectivity index (χ0n) is 14.8. The Balaban J connectivity index is 1.35. The predicted molar refractivity (Wildman–Crippen MR) is 103 cm³/mol. The van der Waals surface area contributed by atoms with E-state index in [0.717, 1.165) is 36.6 Å². The van der Waals surface area contributed by atoms with Crippen molar-refractivity contribution in [2.24, 2.45) is 5.73 Å². The first-order valence-corrected chi connectivity index (χ1v) is 9.09. The second-order valence-corrected chi connectivity index (χ2v) is 6.71. The van der Waals surface area contributed by atoms with Gasteiger partial charge < -0.3 is 15.8 Å². The van der Waals surface area contributed by atoms with E-state index in [1.807, 2.05) is 30.5 Å². The van der Waals surface area contributed by atoms with E-state index >= 15 is 0 Å². The lowest BCUT2D eigenvalue weighted by Gasteiger charge is -2.29. The number of nitrogens with zero attached hydrogens (tertiary/aromatic N) is 3. The van der Waals surface area contributed by atoms with E-state index in [1.54, 1.807) is 18.3 Å². The standard InChI is InChI=1S/C20H21N5O2/c21-18(26)16-5-3-11-22-19(16)27-15-9-7-14(8-10-15)24-20-23-12-13-4-1-2-6-17(13)25-20/h1-6,11-12,14-15H,7-10H2,(H2,21,26)(H,23,24,25). The van der Waals surface area contributed by atoms with Gasteiger partial charge in [-0.3, -0.25) is 4.79 Å². The zero-order chi connectivity index (χ0) is 18.6. The second-order valence-electron chi connectivity index (χ2n) is 6.71. The summed E-state index contributed by atoms with van der Waals surface area (Å²) in [6, 6.07) is 11.5. The topological polar surface area (TPSA) is 103 Å². The van der Waals surface area contributed by atoms with E-state index in [4.69, 9.17) is 10.5 Å². The van der Waals surface area contributed by atoms with E-state index in [9.17, 15) is 4.79 Å². The average molecular weight is 363 g/mol. The number of aromatic nitrogens is 3. The predicted octanol–water partition coefficient (Wildman–Crippen LogP) is 2.93. The first kappa shape index (κ1) is 17.2. The van der Waals surface area contributed by atoms with Crippen molar-refractivity contribution in [2.45, 2.75) is 37.8 Å². The molecule has 4 rings (SSSR count). The molecular formula is C20H21N5O2. The van der Waals surface area contributed by atoms with Crippen LogP contribution in [0.2, 0.25) is 0 Å². The van der Waals surface area contributed by atoms with E-state index in [-0.39, 0.29) is 6.10 Å². The minimum atomic E-state index is -0.526. The fourth-order valence-corrected chi connectivity index (χ4v) is 3.38. The van der Waals surface area contributed by atoms with Gasteiger partial charge in [0.05, 0.1) is 5.52 Å². The largest absolute Gasteiger partial charge is 0.474 e. The summed E-state index contributed by atoms with van der Waals surface area (Å²) in [5, 5.41) is 4.45. The van der Waals surface area contributed by atoms with Gasteiger partial charge in [0.25, 0.3) is 5.91 Å². The number of benzene rings is 1. The molecule has 27 heavy (non-hydrogen) atoms. The van der Waals surface area contributed by atoms with Gasteiger partial charge >= 0.3 is 0 Å². The van der Waals surface area contributed by atoms with Crippen molar-refractivity contribution in [1.29, 1.82) is 0 Å². The number of fused-ring (bicyclic) bond motifs is 1. The maximum Gasteiger partial charge on any atom is 0.254 e. The van der Waals surface area contributed by atoms with Crippen molar-refractivity contribution < 1.29 is 9.53 Å². The Hall–Kier alpha value is -3.22. The van der Waals surface area contributed by atoms with Crippen LogP contribution in [0.1, 0.15) is 36.0 Å². The Morgan fingerprint density at radius 3 is 2.70 bits per heavy atom. The molecule has 1 aromatic carbocycles. The number of hydrogen-bond donors (Lipinski definition) is 2. The van der Waals surface area contributed by atoms with Gasteiger partial charge in [0.1, 0.15) is 11.7 Å². The first-order valence-electron chi connectivity index (χ1n) is 9.09. The molecule has 2 heterocycles. The van der Waals surface area contributed by atoms with Gasteiger partial charge in [0.15, 0.2) is 0 Å². The number of para-hydroxylation sites is 1. The Bertz CT molecular complexity index is 954. The van der Waals surface area contributed by atoms with Crippen molar-refractivity contribution in [3.63, 3.8) is 0 Å². The molecule has 0 saturated heterocycles. The number of anilines is 1. The minimum absolute atomic E-state index is 0.0218. The number of hydrogen-bond acceptors (Lipinski definition) is 6. The molecule has 7 nitrogen and oxygen atoms in total. The van der Waals surface area contributed by atoms with Crippen LogP contribution in [-0.2, 0) is 0 Å². The second kappa shape index (κ2) is 7.57. The highest BCUT2D eigenvalue weighted by atomic mass is 16.5. The molecule has 0 atom stereocenters. The molecule has 0 bridgehead atoms. The maximum atomic E-state index is 11.5. The van der Waals surface area contributed by atoms with E-state index < -0.39 is 5.91 Å². The van der Waals surface area contributed by atoms with Crippen LogP contribution in [0.25, 0.3) is 10.9 Å². The highest BCUT2D eigenvalue weighted by Crippen LogP contribution is 2.26. The summed E-state index contributed by atoms with van der Waals surface area (Å²) in [5.41, 5.74) is 6.64. The number of pyridine rings is 1. The number of ether oxygens (including phenoxy) is 1. The molecule has 1 aliphatic rings. The first-order chi connectivity index (χ1) is 13.2. The third kappa shape index (κ3) is 3.97. The molecule has 1 saturated carbocycles. The zero-order valence-corrected chi connectivity index (χ0v) is 14.8. The molecule has 7 heteroatoms. The van der Waals surface area contributed by atoms with Crippen LogP contribution in [0, 0.1) is 0 Å². The van der Waals surface area contributed by atoms with Crippen LogP contribution >= 0.6 is 0 Å². The van der Waals surface area contributed by atoms with Crippen LogP contribution in [-0.4, -0.2) is 33.0 Å². The third-order valence-corrected chi connectivity index (χ3v) is 4.81. The normalized spacial score (nSPS) is 19.6. The van der Waals surface area contributed by atoms with Crippen molar-refractivity contribution in [3.8, 4) is 5.88 Å². The fourth-order valence-electron chi connectivity index (χ4n) is 3.38. The monoisotopic (exact) mass is 363 g/mol. The van der Waals surface area contributed by atoms with E-state index in [1.165, 1.54) is 0 Å². The number of carbonyl (C=O) groups is 1. The number of amides is 1. The summed E-state index contributed by atoms with van der Waals surface area (Å²) >= 11 is 0. The summed E-state index contributed by atoms with van der Waals surface area (Å²) in [4.78, 5) is 24.6. The summed E-state index contributed by atoms with van der Waals surface area (Å²) in [6.07, 6.45) is 7.05. The fraction of sp³-hybridized carbons (Fsp3) is 0.300. The van der Waals surface area contributed by atoms with E-state index in [0.29, 0.717) is 23.4 Å². The van der Waals surface area contributed by atoms with Crippen molar-refractivity contribution in [1.82, 2.24) is 15.0 Å². The van der Waals surface area contributed by atoms with Gasteiger partial charge in [0.2, 0.25) is 11.8 Å². The Labute approximate surface area is 157 Å². The van der Waals surface area contributed by atoms with Gasteiger partial charge in [-0.25, -0.2) is 15.0 Å². The van der Waals surface area contributed by atoms with Crippen molar-refractivity contribution in [3.05, 3.63) is 54.4 Å². The maximum absolute atomic E-state index is 11.5. The van der Waals surface area contributed by atoms with Crippen molar-refractivity contribution in [2.75, 3.05) is 5.32 Å². The van der Waals surface area contributed by atoms with Gasteiger partial charge in [0, 0.05) is 23.8 Å². The number of carbonyl (C=O) groups excluding carboxylic acids is 1. The molecule has 1 fully saturated rings. The lowest BCUT2D eigenvalue weighted by atomic mass is 9.93. The molecule has 0 radical (unpaired) electrons.